The first kappa shape index (κ1) is 23.3. The van der Waals surface area contributed by atoms with E-state index in [9.17, 15) is 9.18 Å². The molecule has 2 aliphatic carbocycles. The van der Waals surface area contributed by atoms with Gasteiger partial charge in [-0.25, -0.2) is 4.39 Å². The molecule has 0 amide bonds. The van der Waals surface area contributed by atoms with Crippen molar-refractivity contribution in [3.63, 3.8) is 0 Å². The Labute approximate surface area is 213 Å². The lowest BCUT2D eigenvalue weighted by molar-refractivity contribution is 0.0946. The van der Waals surface area contributed by atoms with Crippen molar-refractivity contribution in [2.24, 2.45) is 5.92 Å². The summed E-state index contributed by atoms with van der Waals surface area (Å²) in [6, 6.07) is 16.8. The molecule has 0 fully saturated rings. The average molecular weight is 526 g/mol. The van der Waals surface area contributed by atoms with E-state index in [1.165, 1.54) is 44.8 Å². The van der Waals surface area contributed by atoms with Crippen molar-refractivity contribution >= 4 is 33.9 Å². The number of nitrogens with one attached hydrogen (secondary N) is 1. The monoisotopic (exact) mass is 525 g/mol. The molecule has 3 aliphatic rings. The van der Waals surface area contributed by atoms with Crippen molar-refractivity contribution in [2.75, 3.05) is 0 Å². The van der Waals surface area contributed by atoms with Crippen LogP contribution in [0.4, 0.5) is 4.39 Å². The zero-order chi connectivity index (χ0) is 24.2. The van der Waals surface area contributed by atoms with Crippen LogP contribution in [0.3, 0.4) is 0 Å². The van der Waals surface area contributed by atoms with Crippen LogP contribution < -0.4 is 15.8 Å². The predicted octanol–water partition coefficient (Wildman–Crippen LogP) is 5.99. The minimum atomic E-state index is -0.365. The zero-order valence-electron chi connectivity index (χ0n) is 19.2. The molecule has 6 rings (SSSR count). The molecule has 1 aliphatic heterocycles. The molecule has 0 bridgehead atoms. The van der Waals surface area contributed by atoms with Gasteiger partial charge in [-0.2, -0.15) is 0 Å². The molecule has 35 heavy (non-hydrogen) atoms. The topological polar surface area (TPSA) is 29.1 Å². The van der Waals surface area contributed by atoms with Crippen molar-refractivity contribution in [1.82, 2.24) is 5.32 Å². The number of carbonyl (C=O) groups is 1. The number of Topliss-reactive ketones (excluding diaryl/α,β-unsaturated/α-hetero) is 1. The van der Waals surface area contributed by atoms with Crippen LogP contribution in [0.1, 0.15) is 27.9 Å². The van der Waals surface area contributed by atoms with Gasteiger partial charge in [0, 0.05) is 28.4 Å². The minimum absolute atomic E-state index is 0.00268. The Morgan fingerprint density at radius 1 is 0.886 bits per heavy atom. The van der Waals surface area contributed by atoms with Gasteiger partial charge in [0.15, 0.2) is 5.78 Å². The van der Waals surface area contributed by atoms with Crippen LogP contribution in [0, 0.1) is 11.7 Å². The van der Waals surface area contributed by atoms with Crippen molar-refractivity contribution in [1.29, 1.82) is 0 Å². The molecule has 0 radical (unpaired) electrons. The zero-order valence-corrected chi connectivity index (χ0v) is 20.8. The molecule has 3 aromatic carbocycles. The second-order valence-electron chi connectivity index (χ2n) is 8.77. The van der Waals surface area contributed by atoms with Gasteiger partial charge in [-0.1, -0.05) is 70.6 Å². The predicted molar refractivity (Wildman–Crippen MR) is 145 cm³/mol. The van der Waals surface area contributed by atoms with Crippen molar-refractivity contribution in [3.8, 4) is 11.1 Å². The second kappa shape index (κ2) is 10.4. The number of ketones is 1. The summed E-state index contributed by atoms with van der Waals surface area (Å²) in [7, 11) is 0. The summed E-state index contributed by atoms with van der Waals surface area (Å²) >= 11 is 3.56. The summed E-state index contributed by atoms with van der Waals surface area (Å²) in [6.45, 7) is 0. The van der Waals surface area contributed by atoms with E-state index in [0.29, 0.717) is 5.56 Å². The van der Waals surface area contributed by atoms with Gasteiger partial charge in [0.1, 0.15) is 5.82 Å². The molecule has 2 nitrogen and oxygen atoms in total. The van der Waals surface area contributed by atoms with Crippen LogP contribution in [-0.4, -0.2) is 5.78 Å². The first-order valence-corrected chi connectivity index (χ1v) is 12.6. The van der Waals surface area contributed by atoms with Gasteiger partial charge in [-0.3, -0.25) is 4.79 Å². The van der Waals surface area contributed by atoms with Crippen LogP contribution >= 0.6 is 15.9 Å². The average Bonchev–Trinajstić information content (AvgIpc) is 3.21. The van der Waals surface area contributed by atoms with E-state index in [0.717, 1.165) is 23.7 Å². The maximum absolute atomic E-state index is 13.6. The van der Waals surface area contributed by atoms with Gasteiger partial charge >= 0.3 is 0 Å². The summed E-state index contributed by atoms with van der Waals surface area (Å²) in [6.07, 6.45) is 18.5. The number of carbonyl (C=O) groups excluding carboxylic acids is 1. The maximum atomic E-state index is 13.6. The van der Waals surface area contributed by atoms with E-state index in [1.807, 2.05) is 36.7 Å². The lowest BCUT2D eigenvalue weighted by Gasteiger charge is -2.21. The normalized spacial score (nSPS) is 16.7. The van der Waals surface area contributed by atoms with E-state index in [2.05, 4.69) is 63.7 Å². The number of benzene rings is 3. The van der Waals surface area contributed by atoms with Crippen LogP contribution in [0.15, 0.2) is 95.8 Å². The number of rotatable bonds is 2. The lowest BCUT2D eigenvalue weighted by Crippen LogP contribution is -2.37. The number of allylic oxidation sites excluding steroid dienone is 4. The summed E-state index contributed by atoms with van der Waals surface area (Å²) in [5.41, 5.74) is 5.54. The lowest BCUT2D eigenvalue weighted by atomic mass is 9.82. The van der Waals surface area contributed by atoms with Crippen LogP contribution in [0.5, 0.6) is 0 Å². The molecule has 174 valence electrons. The number of hydrogen-bond acceptors (Lipinski definition) is 2. The quantitative estimate of drug-likeness (QED) is 0.416. The molecule has 1 unspecified atom stereocenters. The molecule has 0 saturated heterocycles. The number of halogens is 2. The number of fused-ring (bicyclic) bond motifs is 5. The fourth-order valence-electron chi connectivity index (χ4n) is 4.82. The minimum Gasteiger partial charge on any atom is -0.368 e. The van der Waals surface area contributed by atoms with Gasteiger partial charge in [0.05, 0.1) is 0 Å². The van der Waals surface area contributed by atoms with Crippen molar-refractivity contribution in [2.45, 2.75) is 19.3 Å². The molecular weight excluding hydrogens is 501 g/mol. The largest absolute Gasteiger partial charge is 0.368 e. The smallest absolute Gasteiger partial charge is 0.169 e. The van der Waals surface area contributed by atoms with E-state index >= 15 is 0 Å². The maximum Gasteiger partial charge on any atom is 0.169 e. The van der Waals surface area contributed by atoms with Crippen LogP contribution in [0.2, 0.25) is 0 Å². The van der Waals surface area contributed by atoms with Crippen molar-refractivity contribution in [3.05, 3.63) is 129 Å². The number of aryl methyl sites for hydroxylation is 1. The van der Waals surface area contributed by atoms with E-state index in [4.69, 9.17) is 0 Å². The van der Waals surface area contributed by atoms with Crippen LogP contribution in [-0.2, 0) is 12.8 Å². The molecule has 0 saturated carbocycles. The van der Waals surface area contributed by atoms with E-state index in [-0.39, 0.29) is 17.5 Å². The molecule has 3 aromatic rings. The Morgan fingerprint density at radius 3 is 2.49 bits per heavy atom. The highest BCUT2D eigenvalue weighted by Gasteiger charge is 2.23. The molecule has 1 heterocycles. The summed E-state index contributed by atoms with van der Waals surface area (Å²) in [4.78, 5) is 13.0. The molecular formula is C31H25BrFNO. The Kier molecular flexibility index (Phi) is 6.91. The highest BCUT2D eigenvalue weighted by atomic mass is 79.9. The standard InChI is InChI=1S/C25H18BrFO.C6H7N/c26-19-8-11-21-16(12-19)7-10-23-22(21)9-6-15-4-5-18(14-24(15)23)25(28)17-2-1-3-20(27)13-17;1-2-4-6-7-5-3-1/h1-3,6,8-14,18H,4-5,7H2;1-7H. The Hall–Kier alpha value is -3.50. The van der Waals surface area contributed by atoms with Gasteiger partial charge in [-0.05, 0) is 88.4 Å². The molecule has 4 heteroatoms. The third-order valence-corrected chi connectivity index (χ3v) is 7.01. The number of hydrogen-bond donors (Lipinski definition) is 1. The fraction of sp³-hybridized carbons (Fsp3) is 0.129. The highest BCUT2D eigenvalue weighted by Crippen LogP contribution is 2.28. The Balaban J connectivity index is 0.000000313. The first-order chi connectivity index (χ1) is 17.1. The first-order valence-electron chi connectivity index (χ1n) is 11.8. The van der Waals surface area contributed by atoms with E-state index in [1.54, 1.807) is 12.1 Å². The summed E-state index contributed by atoms with van der Waals surface area (Å²) < 4.78 is 14.6. The third-order valence-electron chi connectivity index (χ3n) is 6.52. The van der Waals surface area contributed by atoms with Gasteiger partial charge in [0.25, 0.3) is 0 Å². The third kappa shape index (κ3) is 5.13. The fourth-order valence-corrected chi connectivity index (χ4v) is 5.23. The van der Waals surface area contributed by atoms with Gasteiger partial charge in [-0.15, -0.1) is 0 Å². The van der Waals surface area contributed by atoms with Gasteiger partial charge < -0.3 is 5.32 Å². The molecule has 0 spiro atoms. The Bertz CT molecular complexity index is 1480. The molecule has 0 aromatic heterocycles. The van der Waals surface area contributed by atoms with Crippen LogP contribution in [0.25, 0.3) is 23.3 Å². The summed E-state index contributed by atoms with van der Waals surface area (Å²) in [5.74, 6) is -0.570. The highest BCUT2D eigenvalue weighted by molar-refractivity contribution is 9.10. The van der Waals surface area contributed by atoms with E-state index < -0.39 is 0 Å². The Morgan fingerprint density at radius 2 is 1.69 bits per heavy atom. The van der Waals surface area contributed by atoms with Gasteiger partial charge in [0.2, 0.25) is 0 Å². The SMILES string of the molecule is C1=CC=CNC=C1.O=C(c1cccc(F)c1)C1C=c2c(ccc3c2=CCc2cc(Br)ccc2-3)CC1. The second-order valence-corrected chi connectivity index (χ2v) is 9.68. The van der Waals surface area contributed by atoms with Crippen molar-refractivity contribution < 1.29 is 9.18 Å². The molecule has 1 atom stereocenters. The summed E-state index contributed by atoms with van der Waals surface area (Å²) in [5, 5.41) is 5.32. The molecule has 1 N–H and O–H groups in total.